The van der Waals surface area contributed by atoms with Gasteiger partial charge in [0.2, 0.25) is 0 Å². The first-order chi connectivity index (χ1) is 8.65. The van der Waals surface area contributed by atoms with Gasteiger partial charge in [0, 0.05) is 31.4 Å². The Balaban J connectivity index is 2.29. The molecule has 0 fully saturated rings. The predicted molar refractivity (Wildman–Crippen MR) is 70.2 cm³/mol. The van der Waals surface area contributed by atoms with Gasteiger partial charge in [-0.15, -0.1) is 0 Å². The summed E-state index contributed by atoms with van der Waals surface area (Å²) in [5, 5.41) is 13.0. The van der Waals surface area contributed by atoms with Crippen LogP contribution in [0.5, 0.6) is 5.75 Å². The Kier molecular flexibility index (Phi) is 6.68. The molecule has 0 radical (unpaired) electrons. The van der Waals surface area contributed by atoms with Crippen LogP contribution in [-0.2, 0) is 4.74 Å². The van der Waals surface area contributed by atoms with Crippen LogP contribution in [0.3, 0.4) is 0 Å². The highest BCUT2D eigenvalue weighted by Crippen LogP contribution is 2.24. The Bertz CT molecular complexity index is 358. The fourth-order valence-corrected chi connectivity index (χ4v) is 1.86. The normalized spacial score (nSPS) is 12.6. The van der Waals surface area contributed by atoms with Crippen LogP contribution < -0.4 is 5.32 Å². The molecule has 1 unspecified atom stereocenters. The second-order valence-electron chi connectivity index (χ2n) is 4.43. The summed E-state index contributed by atoms with van der Waals surface area (Å²) in [5.74, 6) is -0.405. The van der Waals surface area contributed by atoms with E-state index < -0.39 is 5.82 Å². The minimum Gasteiger partial charge on any atom is -0.508 e. The minimum atomic E-state index is -0.414. The van der Waals surface area contributed by atoms with E-state index >= 15 is 0 Å². The number of rotatable bonds is 8. The third-order valence-electron chi connectivity index (χ3n) is 2.93. The lowest BCUT2D eigenvalue weighted by atomic mass is 10.1. The number of phenolic OH excluding ortho intramolecular Hbond substituents is 1. The SMILES string of the molecule is COCCCCCNC(C)c1ccc(F)cc1O. The third-order valence-corrected chi connectivity index (χ3v) is 2.93. The summed E-state index contributed by atoms with van der Waals surface area (Å²) in [7, 11) is 1.71. The number of phenols is 1. The molecule has 0 spiro atoms. The van der Waals surface area contributed by atoms with Crippen LogP contribution in [0.25, 0.3) is 0 Å². The van der Waals surface area contributed by atoms with Crippen LogP contribution in [0.2, 0.25) is 0 Å². The number of unbranched alkanes of at least 4 members (excludes halogenated alkanes) is 2. The molecule has 0 aromatic heterocycles. The Morgan fingerprint density at radius 2 is 2.11 bits per heavy atom. The quantitative estimate of drug-likeness (QED) is 0.702. The largest absolute Gasteiger partial charge is 0.508 e. The van der Waals surface area contributed by atoms with Gasteiger partial charge in [0.1, 0.15) is 11.6 Å². The van der Waals surface area contributed by atoms with Gasteiger partial charge in [-0.05, 0) is 38.8 Å². The number of aromatic hydroxyl groups is 1. The molecular weight excluding hydrogens is 233 g/mol. The van der Waals surface area contributed by atoms with E-state index in [4.69, 9.17) is 4.74 Å². The fraction of sp³-hybridized carbons (Fsp3) is 0.571. The predicted octanol–water partition coefficient (Wildman–Crippen LogP) is 3.00. The zero-order valence-corrected chi connectivity index (χ0v) is 11.1. The van der Waals surface area contributed by atoms with Crippen molar-refractivity contribution in [3.63, 3.8) is 0 Å². The molecule has 0 aliphatic rings. The van der Waals surface area contributed by atoms with Crippen LogP contribution in [-0.4, -0.2) is 25.4 Å². The van der Waals surface area contributed by atoms with Crippen molar-refractivity contribution >= 4 is 0 Å². The summed E-state index contributed by atoms with van der Waals surface area (Å²) in [4.78, 5) is 0. The van der Waals surface area contributed by atoms with Crippen LogP contribution in [0, 0.1) is 5.82 Å². The van der Waals surface area contributed by atoms with Crippen molar-refractivity contribution in [2.75, 3.05) is 20.3 Å². The van der Waals surface area contributed by atoms with Gasteiger partial charge in [-0.3, -0.25) is 0 Å². The molecular formula is C14H22FNO2. The van der Waals surface area contributed by atoms with Crippen LogP contribution >= 0.6 is 0 Å². The zero-order chi connectivity index (χ0) is 13.4. The Labute approximate surface area is 108 Å². The van der Waals surface area contributed by atoms with Gasteiger partial charge in [0.25, 0.3) is 0 Å². The van der Waals surface area contributed by atoms with Gasteiger partial charge in [-0.1, -0.05) is 6.07 Å². The van der Waals surface area contributed by atoms with Crippen molar-refractivity contribution in [3.05, 3.63) is 29.6 Å². The number of ether oxygens (including phenoxy) is 1. The fourth-order valence-electron chi connectivity index (χ4n) is 1.86. The molecule has 0 aliphatic heterocycles. The number of hydrogen-bond donors (Lipinski definition) is 2. The molecule has 102 valence electrons. The van der Waals surface area contributed by atoms with Crippen molar-refractivity contribution in [3.8, 4) is 5.75 Å². The number of hydrogen-bond acceptors (Lipinski definition) is 3. The molecule has 0 heterocycles. The van der Waals surface area contributed by atoms with E-state index in [0.717, 1.165) is 44.0 Å². The molecule has 0 saturated heterocycles. The van der Waals surface area contributed by atoms with Gasteiger partial charge in [0.15, 0.2) is 0 Å². The molecule has 3 nitrogen and oxygen atoms in total. The van der Waals surface area contributed by atoms with Crippen LogP contribution in [0.4, 0.5) is 4.39 Å². The Hall–Kier alpha value is -1.13. The van der Waals surface area contributed by atoms with Crippen molar-refractivity contribution in [1.82, 2.24) is 5.32 Å². The Morgan fingerprint density at radius 1 is 1.33 bits per heavy atom. The van der Waals surface area contributed by atoms with Gasteiger partial charge < -0.3 is 15.2 Å². The maximum Gasteiger partial charge on any atom is 0.126 e. The molecule has 18 heavy (non-hydrogen) atoms. The van der Waals surface area contributed by atoms with Gasteiger partial charge >= 0.3 is 0 Å². The smallest absolute Gasteiger partial charge is 0.126 e. The lowest BCUT2D eigenvalue weighted by Crippen LogP contribution is -2.20. The first-order valence-corrected chi connectivity index (χ1v) is 6.36. The molecule has 0 aliphatic carbocycles. The van der Waals surface area contributed by atoms with Crippen molar-refractivity contribution in [2.45, 2.75) is 32.2 Å². The Morgan fingerprint density at radius 3 is 2.78 bits per heavy atom. The van der Waals surface area contributed by atoms with Crippen LogP contribution in [0.15, 0.2) is 18.2 Å². The average molecular weight is 255 g/mol. The molecule has 1 rings (SSSR count). The van der Waals surface area contributed by atoms with Gasteiger partial charge in [0.05, 0.1) is 0 Å². The van der Waals surface area contributed by atoms with E-state index in [1.807, 2.05) is 6.92 Å². The van der Waals surface area contributed by atoms with Gasteiger partial charge in [-0.2, -0.15) is 0 Å². The highest BCUT2D eigenvalue weighted by atomic mass is 19.1. The van der Waals surface area contributed by atoms with E-state index in [1.165, 1.54) is 6.07 Å². The summed E-state index contributed by atoms with van der Waals surface area (Å²) < 4.78 is 17.8. The zero-order valence-electron chi connectivity index (χ0n) is 11.1. The molecule has 1 aromatic rings. The van der Waals surface area contributed by atoms with E-state index in [9.17, 15) is 9.50 Å². The van der Waals surface area contributed by atoms with E-state index in [-0.39, 0.29) is 11.8 Å². The van der Waals surface area contributed by atoms with Gasteiger partial charge in [-0.25, -0.2) is 4.39 Å². The first-order valence-electron chi connectivity index (χ1n) is 6.36. The van der Waals surface area contributed by atoms with Crippen molar-refractivity contribution < 1.29 is 14.2 Å². The summed E-state index contributed by atoms with van der Waals surface area (Å²) in [5.41, 5.74) is 0.730. The van der Waals surface area contributed by atoms with E-state index in [0.29, 0.717) is 0 Å². The summed E-state index contributed by atoms with van der Waals surface area (Å²) in [6.07, 6.45) is 3.24. The summed E-state index contributed by atoms with van der Waals surface area (Å²) >= 11 is 0. The number of methoxy groups -OCH3 is 1. The van der Waals surface area contributed by atoms with Crippen molar-refractivity contribution in [1.29, 1.82) is 0 Å². The monoisotopic (exact) mass is 255 g/mol. The van der Waals surface area contributed by atoms with Crippen LogP contribution in [0.1, 0.15) is 37.8 Å². The molecule has 0 amide bonds. The third kappa shape index (κ3) is 5.02. The standard InChI is InChI=1S/C14H22FNO2/c1-11(16-8-4-3-5-9-18-2)13-7-6-12(15)10-14(13)17/h6-7,10-11,16-17H,3-5,8-9H2,1-2H3. The maximum absolute atomic E-state index is 12.8. The highest BCUT2D eigenvalue weighted by molar-refractivity contribution is 5.34. The molecule has 1 aromatic carbocycles. The topological polar surface area (TPSA) is 41.5 Å². The molecule has 0 saturated carbocycles. The second-order valence-corrected chi connectivity index (χ2v) is 4.43. The molecule has 2 N–H and O–H groups in total. The summed E-state index contributed by atoms with van der Waals surface area (Å²) in [6.45, 7) is 3.64. The second kappa shape index (κ2) is 8.06. The average Bonchev–Trinajstić information content (AvgIpc) is 2.33. The van der Waals surface area contributed by atoms with E-state index in [2.05, 4.69) is 5.32 Å². The molecule has 4 heteroatoms. The lowest BCUT2D eigenvalue weighted by Gasteiger charge is -2.15. The highest BCUT2D eigenvalue weighted by Gasteiger charge is 2.09. The molecule has 1 atom stereocenters. The first kappa shape index (κ1) is 14.9. The van der Waals surface area contributed by atoms with Crippen molar-refractivity contribution in [2.24, 2.45) is 0 Å². The summed E-state index contributed by atoms with van der Waals surface area (Å²) in [6, 6.07) is 4.15. The minimum absolute atomic E-state index is 0.00869. The number of halogens is 1. The lowest BCUT2D eigenvalue weighted by molar-refractivity contribution is 0.192. The molecule has 0 bridgehead atoms. The number of nitrogens with one attached hydrogen (secondary N) is 1. The maximum atomic E-state index is 12.8. The van der Waals surface area contributed by atoms with E-state index in [1.54, 1.807) is 13.2 Å². The number of benzene rings is 1.